The van der Waals surface area contributed by atoms with Crippen molar-refractivity contribution in [2.75, 3.05) is 6.67 Å². The maximum absolute atomic E-state index is 5.30. The normalized spacial score (nSPS) is 30.6. The molecule has 1 rings (SSSR count). The zero-order chi connectivity index (χ0) is 9.52. The quantitative estimate of drug-likeness (QED) is 0.529. The molecule has 0 aromatic rings. The molecule has 1 aliphatic rings. The second kappa shape index (κ2) is 6.14. The Morgan fingerprint density at radius 2 is 2.15 bits per heavy atom. The van der Waals surface area contributed by atoms with Gasteiger partial charge in [0.25, 0.3) is 0 Å². The summed E-state index contributed by atoms with van der Waals surface area (Å²) < 4.78 is 0. The molecular formula is C11H22N2. The highest BCUT2D eigenvalue weighted by molar-refractivity contribution is 5.57. The Bertz CT molecular complexity index is 154. The Hall–Kier alpha value is -0.370. The van der Waals surface area contributed by atoms with Crippen molar-refractivity contribution >= 4 is 6.21 Å². The highest BCUT2D eigenvalue weighted by Gasteiger charge is 2.14. The zero-order valence-corrected chi connectivity index (χ0v) is 8.71. The third-order valence-corrected chi connectivity index (χ3v) is 3.05. The average molecular weight is 182 g/mol. The van der Waals surface area contributed by atoms with Crippen LogP contribution < -0.4 is 5.73 Å². The van der Waals surface area contributed by atoms with E-state index < -0.39 is 0 Å². The summed E-state index contributed by atoms with van der Waals surface area (Å²) in [4.78, 5) is 4.07. The van der Waals surface area contributed by atoms with Gasteiger partial charge in [-0.25, -0.2) is 0 Å². The lowest BCUT2D eigenvalue weighted by molar-refractivity contribution is 0.460. The van der Waals surface area contributed by atoms with Crippen molar-refractivity contribution in [2.45, 2.75) is 45.4 Å². The second-order valence-electron chi connectivity index (χ2n) is 4.26. The molecule has 1 unspecified atom stereocenters. The van der Waals surface area contributed by atoms with Gasteiger partial charge in [-0.05, 0) is 24.7 Å². The molecular weight excluding hydrogens is 160 g/mol. The molecule has 1 aliphatic carbocycles. The van der Waals surface area contributed by atoms with Crippen molar-refractivity contribution in [1.82, 2.24) is 0 Å². The molecule has 0 aliphatic heterocycles. The van der Waals surface area contributed by atoms with E-state index in [4.69, 9.17) is 5.73 Å². The number of nitrogens with two attached hydrogens (primary N) is 1. The lowest BCUT2D eigenvalue weighted by Gasteiger charge is -2.10. The van der Waals surface area contributed by atoms with E-state index in [0.717, 1.165) is 18.3 Å². The molecule has 0 radical (unpaired) electrons. The molecule has 2 N–H and O–H groups in total. The van der Waals surface area contributed by atoms with Crippen LogP contribution in [-0.4, -0.2) is 12.9 Å². The van der Waals surface area contributed by atoms with Gasteiger partial charge in [0.1, 0.15) is 0 Å². The van der Waals surface area contributed by atoms with E-state index in [1.54, 1.807) is 0 Å². The van der Waals surface area contributed by atoms with Crippen LogP contribution in [0, 0.1) is 11.8 Å². The molecule has 2 atom stereocenters. The van der Waals surface area contributed by atoms with E-state index in [1.807, 2.05) is 6.21 Å². The van der Waals surface area contributed by atoms with Gasteiger partial charge in [0.15, 0.2) is 0 Å². The molecule has 1 fully saturated rings. The Morgan fingerprint density at radius 3 is 2.92 bits per heavy atom. The fourth-order valence-corrected chi connectivity index (χ4v) is 2.10. The van der Waals surface area contributed by atoms with E-state index in [-0.39, 0.29) is 0 Å². The van der Waals surface area contributed by atoms with Gasteiger partial charge in [-0.1, -0.05) is 32.6 Å². The van der Waals surface area contributed by atoms with Crippen LogP contribution in [0.15, 0.2) is 4.99 Å². The molecule has 13 heavy (non-hydrogen) atoms. The first kappa shape index (κ1) is 10.7. The minimum absolute atomic E-state index is 0.448. The van der Waals surface area contributed by atoms with Crippen LogP contribution in [0.4, 0.5) is 0 Å². The van der Waals surface area contributed by atoms with Gasteiger partial charge < -0.3 is 5.73 Å². The summed E-state index contributed by atoms with van der Waals surface area (Å²) >= 11 is 0. The Labute approximate surface area is 81.6 Å². The lowest BCUT2D eigenvalue weighted by Crippen LogP contribution is -2.01. The minimum Gasteiger partial charge on any atom is -0.312 e. The zero-order valence-electron chi connectivity index (χ0n) is 8.71. The summed E-state index contributed by atoms with van der Waals surface area (Å²) in [5.74, 6) is 1.82. The summed E-state index contributed by atoms with van der Waals surface area (Å²) in [6.07, 6.45) is 10.2. The molecule has 0 aromatic carbocycles. The molecule has 0 bridgehead atoms. The Balaban J connectivity index is 2.21. The first-order chi connectivity index (χ1) is 6.33. The molecule has 0 heterocycles. The summed E-state index contributed by atoms with van der Waals surface area (Å²) in [5, 5.41) is 0. The molecule has 2 nitrogen and oxygen atoms in total. The monoisotopic (exact) mass is 182 g/mol. The lowest BCUT2D eigenvalue weighted by atomic mass is 9.96. The molecule has 0 spiro atoms. The van der Waals surface area contributed by atoms with Crippen molar-refractivity contribution in [3.8, 4) is 0 Å². The third-order valence-electron chi connectivity index (χ3n) is 3.05. The SMILES string of the molecule is C[C@H]1CCCC(C/C=N/CN)CC1. The third kappa shape index (κ3) is 4.41. The molecule has 2 heteroatoms. The van der Waals surface area contributed by atoms with Crippen LogP contribution in [0.5, 0.6) is 0 Å². The molecule has 0 saturated heterocycles. The van der Waals surface area contributed by atoms with Gasteiger partial charge >= 0.3 is 0 Å². The summed E-state index contributed by atoms with van der Waals surface area (Å²) in [6, 6.07) is 0. The highest BCUT2D eigenvalue weighted by Crippen LogP contribution is 2.28. The van der Waals surface area contributed by atoms with Gasteiger partial charge in [0.05, 0.1) is 6.67 Å². The van der Waals surface area contributed by atoms with E-state index in [1.165, 1.54) is 32.1 Å². The largest absolute Gasteiger partial charge is 0.312 e. The summed E-state index contributed by atoms with van der Waals surface area (Å²) in [7, 11) is 0. The van der Waals surface area contributed by atoms with Crippen molar-refractivity contribution < 1.29 is 0 Å². The van der Waals surface area contributed by atoms with Crippen molar-refractivity contribution in [2.24, 2.45) is 22.6 Å². The Kier molecular flexibility index (Phi) is 5.06. The van der Waals surface area contributed by atoms with Crippen LogP contribution in [0.1, 0.15) is 45.4 Å². The van der Waals surface area contributed by atoms with Gasteiger partial charge in [-0.2, -0.15) is 0 Å². The van der Waals surface area contributed by atoms with Crippen molar-refractivity contribution in [1.29, 1.82) is 0 Å². The first-order valence-electron chi connectivity index (χ1n) is 5.51. The van der Waals surface area contributed by atoms with Gasteiger partial charge in [0.2, 0.25) is 0 Å². The predicted molar refractivity (Wildman–Crippen MR) is 57.9 cm³/mol. The van der Waals surface area contributed by atoms with Crippen LogP contribution in [0.3, 0.4) is 0 Å². The number of aliphatic imine (C=N–C) groups is 1. The number of rotatable bonds is 3. The van der Waals surface area contributed by atoms with Crippen LogP contribution in [0.2, 0.25) is 0 Å². The van der Waals surface area contributed by atoms with Crippen molar-refractivity contribution in [3.63, 3.8) is 0 Å². The van der Waals surface area contributed by atoms with E-state index >= 15 is 0 Å². The van der Waals surface area contributed by atoms with Gasteiger partial charge in [-0.3, -0.25) is 4.99 Å². The van der Waals surface area contributed by atoms with Crippen LogP contribution >= 0.6 is 0 Å². The smallest absolute Gasteiger partial charge is 0.0855 e. The van der Waals surface area contributed by atoms with E-state index in [0.29, 0.717) is 6.67 Å². The summed E-state index contributed by atoms with van der Waals surface area (Å²) in [6.45, 7) is 2.82. The molecule has 1 saturated carbocycles. The maximum Gasteiger partial charge on any atom is 0.0855 e. The van der Waals surface area contributed by atoms with Gasteiger partial charge in [-0.15, -0.1) is 0 Å². The number of nitrogens with zero attached hydrogens (tertiary/aromatic N) is 1. The second-order valence-corrected chi connectivity index (χ2v) is 4.26. The standard InChI is InChI=1S/C11H22N2/c1-10-3-2-4-11(6-5-10)7-8-13-9-12/h8,10-11H,2-7,9,12H2,1H3/b13-8+/t10-,11?/m0/s1. The van der Waals surface area contributed by atoms with E-state index in [9.17, 15) is 0 Å². The van der Waals surface area contributed by atoms with Crippen LogP contribution in [0.25, 0.3) is 0 Å². The maximum atomic E-state index is 5.30. The highest BCUT2D eigenvalue weighted by atomic mass is 14.8. The average Bonchev–Trinajstić information content (AvgIpc) is 2.32. The number of hydrogen-bond acceptors (Lipinski definition) is 2. The van der Waals surface area contributed by atoms with E-state index in [2.05, 4.69) is 11.9 Å². The topological polar surface area (TPSA) is 38.4 Å². The first-order valence-corrected chi connectivity index (χ1v) is 5.51. The van der Waals surface area contributed by atoms with Gasteiger partial charge in [0, 0.05) is 6.21 Å². The molecule has 0 aromatic heterocycles. The molecule has 76 valence electrons. The fraction of sp³-hybridized carbons (Fsp3) is 0.909. The summed E-state index contributed by atoms with van der Waals surface area (Å²) in [5.41, 5.74) is 5.30. The predicted octanol–water partition coefficient (Wildman–Crippen LogP) is 2.58. The molecule has 0 amide bonds. The minimum atomic E-state index is 0.448. The van der Waals surface area contributed by atoms with Crippen molar-refractivity contribution in [3.05, 3.63) is 0 Å². The Morgan fingerprint density at radius 1 is 1.31 bits per heavy atom. The number of hydrogen-bond donors (Lipinski definition) is 1. The fourth-order valence-electron chi connectivity index (χ4n) is 2.10. The van der Waals surface area contributed by atoms with Crippen LogP contribution in [-0.2, 0) is 0 Å².